The molecule has 30 heavy (non-hydrogen) atoms. The fourth-order valence-electron chi connectivity index (χ4n) is 2.82. The summed E-state index contributed by atoms with van der Waals surface area (Å²) >= 11 is 4.75. The van der Waals surface area contributed by atoms with Gasteiger partial charge in [-0.25, -0.2) is 0 Å². The van der Waals surface area contributed by atoms with E-state index in [1.165, 1.54) is 29.5 Å². The highest BCUT2D eigenvalue weighted by Gasteiger charge is 2.10. The first kappa shape index (κ1) is 20.0. The van der Waals surface area contributed by atoms with Crippen molar-refractivity contribution >= 4 is 44.8 Å². The van der Waals surface area contributed by atoms with Gasteiger partial charge in [0.05, 0.1) is 9.80 Å². The van der Waals surface area contributed by atoms with E-state index in [1.54, 1.807) is 24.3 Å². The summed E-state index contributed by atoms with van der Waals surface area (Å²) in [6.07, 6.45) is 3.13. The monoisotopic (exact) mass is 479 g/mol. The molecule has 2 aromatic heterocycles. The molecule has 0 N–H and O–H groups in total. The Kier molecular flexibility index (Phi) is 5.74. The van der Waals surface area contributed by atoms with Gasteiger partial charge in [-0.3, -0.25) is 14.9 Å². The Hall–Kier alpha value is -3.29. The smallest absolute Gasteiger partial charge is 0.269 e. The number of benzene rings is 2. The Labute approximate surface area is 184 Å². The van der Waals surface area contributed by atoms with Crippen LogP contribution in [0.1, 0.15) is 15.4 Å². The van der Waals surface area contributed by atoms with Crippen LogP contribution >= 0.6 is 27.3 Å². The van der Waals surface area contributed by atoms with E-state index in [0.717, 1.165) is 26.2 Å². The number of allylic oxidation sites excluding steroid dienone is 1. The van der Waals surface area contributed by atoms with Crippen LogP contribution in [-0.4, -0.2) is 10.7 Å². The second-order valence-electron chi connectivity index (χ2n) is 6.37. The van der Waals surface area contributed by atoms with Crippen LogP contribution in [-0.2, 0) is 0 Å². The first-order chi connectivity index (χ1) is 14.5. The van der Waals surface area contributed by atoms with Crippen LogP contribution in [0.25, 0.3) is 27.8 Å². The molecule has 0 aliphatic rings. The van der Waals surface area contributed by atoms with E-state index >= 15 is 0 Å². The molecule has 0 saturated heterocycles. The lowest BCUT2D eigenvalue weighted by atomic mass is 10.2. The van der Waals surface area contributed by atoms with Crippen molar-refractivity contribution in [3.63, 3.8) is 0 Å². The zero-order chi connectivity index (χ0) is 21.1. The minimum atomic E-state index is -0.436. The maximum atomic E-state index is 12.5. The fraction of sp³-hybridized carbons (Fsp3) is 0. The Morgan fingerprint density at radius 2 is 1.63 bits per heavy atom. The van der Waals surface area contributed by atoms with Crippen molar-refractivity contribution in [1.82, 2.24) is 0 Å². The van der Waals surface area contributed by atoms with Crippen molar-refractivity contribution in [2.75, 3.05) is 0 Å². The average molecular weight is 480 g/mol. The summed E-state index contributed by atoms with van der Waals surface area (Å²) in [7, 11) is 0. The standard InChI is InChI=1S/C23H14BrNO4S/c24-17-5-1-15(2-6-17)21-12-10-19(29-21)9-11-20(26)23-14-13-22(30-23)16-3-7-18(8-4-16)25(27)28/h1-14H. The third-order valence-corrected chi connectivity index (χ3v) is 6.04. The summed E-state index contributed by atoms with van der Waals surface area (Å²) in [4.78, 5) is 24.3. The molecule has 4 rings (SSSR count). The largest absolute Gasteiger partial charge is 0.457 e. The van der Waals surface area contributed by atoms with Crippen molar-refractivity contribution in [2.24, 2.45) is 0 Å². The maximum Gasteiger partial charge on any atom is 0.269 e. The van der Waals surface area contributed by atoms with E-state index in [2.05, 4.69) is 15.9 Å². The first-order valence-corrected chi connectivity index (χ1v) is 10.5. The number of hydrogen-bond donors (Lipinski definition) is 0. The predicted octanol–water partition coefficient (Wildman–Crippen LogP) is 7.24. The van der Waals surface area contributed by atoms with Gasteiger partial charge in [0, 0.05) is 27.0 Å². The summed E-state index contributed by atoms with van der Waals surface area (Å²) in [5.74, 6) is 1.19. The lowest BCUT2D eigenvalue weighted by Gasteiger charge is -1.97. The zero-order valence-electron chi connectivity index (χ0n) is 15.4. The number of nitro groups is 1. The summed E-state index contributed by atoms with van der Waals surface area (Å²) in [5, 5.41) is 10.8. The molecule has 2 aromatic carbocycles. The molecule has 0 bridgehead atoms. The Morgan fingerprint density at radius 3 is 2.33 bits per heavy atom. The lowest BCUT2D eigenvalue weighted by molar-refractivity contribution is -0.384. The predicted molar refractivity (Wildman–Crippen MR) is 122 cm³/mol. The highest BCUT2D eigenvalue weighted by atomic mass is 79.9. The van der Waals surface area contributed by atoms with Crippen LogP contribution in [0.2, 0.25) is 0 Å². The molecule has 0 fully saturated rings. The molecular formula is C23H14BrNO4S. The van der Waals surface area contributed by atoms with Crippen LogP contribution in [0.5, 0.6) is 0 Å². The van der Waals surface area contributed by atoms with Crippen LogP contribution in [0.15, 0.2) is 87.8 Å². The molecule has 7 heteroatoms. The quantitative estimate of drug-likeness (QED) is 0.126. The Bertz CT molecular complexity index is 1240. The van der Waals surface area contributed by atoms with Crippen LogP contribution in [0.3, 0.4) is 0 Å². The fourth-order valence-corrected chi connectivity index (χ4v) is 4.02. The van der Waals surface area contributed by atoms with Gasteiger partial charge in [-0.15, -0.1) is 11.3 Å². The van der Waals surface area contributed by atoms with Gasteiger partial charge in [-0.2, -0.15) is 0 Å². The summed E-state index contributed by atoms with van der Waals surface area (Å²) in [5.41, 5.74) is 1.82. The van der Waals surface area contributed by atoms with Gasteiger partial charge in [0.1, 0.15) is 11.5 Å². The lowest BCUT2D eigenvalue weighted by Crippen LogP contribution is -1.88. The van der Waals surface area contributed by atoms with E-state index < -0.39 is 4.92 Å². The zero-order valence-corrected chi connectivity index (χ0v) is 17.9. The molecule has 0 unspecified atom stereocenters. The van der Waals surface area contributed by atoms with E-state index in [9.17, 15) is 14.9 Å². The van der Waals surface area contributed by atoms with Crippen molar-refractivity contribution in [2.45, 2.75) is 0 Å². The van der Waals surface area contributed by atoms with Gasteiger partial charge < -0.3 is 4.42 Å². The van der Waals surface area contributed by atoms with Crippen molar-refractivity contribution in [3.8, 4) is 21.8 Å². The second kappa shape index (κ2) is 8.61. The number of nitrogens with zero attached hydrogens (tertiary/aromatic N) is 1. The van der Waals surface area contributed by atoms with Crippen molar-refractivity contribution < 1.29 is 14.1 Å². The topological polar surface area (TPSA) is 73.3 Å². The van der Waals surface area contributed by atoms with Crippen LogP contribution in [0.4, 0.5) is 5.69 Å². The number of carbonyl (C=O) groups excluding carboxylic acids is 1. The first-order valence-electron chi connectivity index (χ1n) is 8.92. The minimum Gasteiger partial charge on any atom is -0.457 e. The molecule has 0 saturated carbocycles. The molecule has 0 aliphatic carbocycles. The number of nitro benzene ring substituents is 1. The van der Waals surface area contributed by atoms with Crippen LogP contribution in [0, 0.1) is 10.1 Å². The maximum absolute atomic E-state index is 12.5. The molecule has 0 aliphatic heterocycles. The Morgan fingerprint density at radius 1 is 0.933 bits per heavy atom. The van der Waals surface area contributed by atoms with E-state index in [1.807, 2.05) is 42.5 Å². The normalized spacial score (nSPS) is 11.1. The molecule has 4 aromatic rings. The number of hydrogen-bond acceptors (Lipinski definition) is 5. The molecule has 2 heterocycles. The van der Waals surface area contributed by atoms with Gasteiger partial charge in [0.15, 0.2) is 5.78 Å². The highest BCUT2D eigenvalue weighted by molar-refractivity contribution is 9.10. The van der Waals surface area contributed by atoms with Crippen LogP contribution < -0.4 is 0 Å². The summed E-state index contributed by atoms with van der Waals surface area (Å²) < 4.78 is 6.79. The van der Waals surface area contributed by atoms with Gasteiger partial charge >= 0.3 is 0 Å². The molecule has 0 spiro atoms. The van der Waals surface area contributed by atoms with Crippen molar-refractivity contribution in [1.29, 1.82) is 0 Å². The van der Waals surface area contributed by atoms with E-state index in [4.69, 9.17) is 4.42 Å². The third-order valence-electron chi connectivity index (χ3n) is 4.37. The molecule has 148 valence electrons. The third kappa shape index (κ3) is 4.48. The SMILES string of the molecule is O=C(C=Cc1ccc(-c2ccc(Br)cc2)o1)c1ccc(-c2ccc([N+](=O)[O-])cc2)s1. The number of non-ortho nitro benzene ring substituents is 1. The average Bonchev–Trinajstić information content (AvgIpc) is 3.43. The number of ketones is 1. The number of carbonyl (C=O) groups is 1. The molecule has 0 radical (unpaired) electrons. The molecule has 5 nitrogen and oxygen atoms in total. The minimum absolute atomic E-state index is 0.0375. The van der Waals surface area contributed by atoms with Gasteiger partial charge in [0.25, 0.3) is 5.69 Å². The summed E-state index contributed by atoms with van der Waals surface area (Å²) in [6.45, 7) is 0. The molecule has 0 amide bonds. The number of furan rings is 1. The second-order valence-corrected chi connectivity index (χ2v) is 8.37. The molecule has 0 atom stereocenters. The number of thiophene rings is 1. The number of halogens is 1. The summed E-state index contributed by atoms with van der Waals surface area (Å²) in [6, 6.07) is 21.3. The van der Waals surface area contributed by atoms with E-state index in [-0.39, 0.29) is 11.5 Å². The highest BCUT2D eigenvalue weighted by Crippen LogP contribution is 2.30. The van der Waals surface area contributed by atoms with E-state index in [0.29, 0.717) is 10.6 Å². The van der Waals surface area contributed by atoms with Gasteiger partial charge in [-0.1, -0.05) is 28.1 Å². The Balaban J connectivity index is 1.46. The number of rotatable bonds is 6. The van der Waals surface area contributed by atoms with Gasteiger partial charge in [-0.05, 0) is 66.2 Å². The van der Waals surface area contributed by atoms with Gasteiger partial charge in [0.2, 0.25) is 0 Å². The van der Waals surface area contributed by atoms with Crippen molar-refractivity contribution in [3.05, 3.63) is 104 Å². The molecular weight excluding hydrogens is 466 g/mol.